The van der Waals surface area contributed by atoms with Crippen molar-refractivity contribution >= 4 is 5.65 Å². The van der Waals surface area contributed by atoms with Crippen LogP contribution in [0.25, 0.3) is 5.65 Å². The van der Waals surface area contributed by atoms with E-state index in [2.05, 4.69) is 36.4 Å². The molecule has 0 N–H and O–H groups in total. The average Bonchev–Trinajstić information content (AvgIpc) is 2.53. The van der Waals surface area contributed by atoms with E-state index in [9.17, 15) is 0 Å². The first-order valence-corrected chi connectivity index (χ1v) is 4.67. The molecule has 0 aliphatic rings. The molecular weight excluding hydrogens is 160 g/mol. The summed E-state index contributed by atoms with van der Waals surface area (Å²) in [5, 5.41) is 0. The molecule has 0 bridgehead atoms. The van der Waals surface area contributed by atoms with Crippen molar-refractivity contribution in [3.8, 4) is 0 Å². The summed E-state index contributed by atoms with van der Waals surface area (Å²) in [5.41, 5.74) is 4.89. The Bertz CT molecular complexity index is 441. The second-order valence-electron chi connectivity index (χ2n) is 3.35. The fourth-order valence-corrected chi connectivity index (χ4v) is 1.90. The van der Waals surface area contributed by atoms with E-state index in [0.717, 1.165) is 17.8 Å². The molecule has 0 saturated carbocycles. The number of rotatable bonds is 1. The SMILES string of the molecule is CCc1c(C)nc2cccn2c1C. The van der Waals surface area contributed by atoms with E-state index >= 15 is 0 Å². The number of nitrogens with zero attached hydrogens (tertiary/aromatic N) is 2. The molecule has 68 valence electrons. The first kappa shape index (κ1) is 8.30. The van der Waals surface area contributed by atoms with E-state index < -0.39 is 0 Å². The molecule has 0 radical (unpaired) electrons. The van der Waals surface area contributed by atoms with Crippen LogP contribution in [0.1, 0.15) is 23.9 Å². The Hall–Kier alpha value is -1.31. The molecule has 0 atom stereocenters. The number of hydrogen-bond donors (Lipinski definition) is 0. The van der Waals surface area contributed by atoms with Gasteiger partial charge in [0.2, 0.25) is 0 Å². The fraction of sp³-hybridized carbons (Fsp3) is 0.364. The normalized spacial score (nSPS) is 11.0. The van der Waals surface area contributed by atoms with Crippen molar-refractivity contribution in [3.05, 3.63) is 35.3 Å². The summed E-state index contributed by atoms with van der Waals surface area (Å²) in [6, 6.07) is 4.08. The minimum atomic E-state index is 1.05. The quantitative estimate of drug-likeness (QED) is 0.649. The molecule has 2 rings (SSSR count). The van der Waals surface area contributed by atoms with Crippen molar-refractivity contribution in [3.63, 3.8) is 0 Å². The van der Waals surface area contributed by atoms with Gasteiger partial charge in [-0.1, -0.05) is 6.92 Å². The van der Waals surface area contributed by atoms with Gasteiger partial charge in [-0.2, -0.15) is 0 Å². The predicted octanol–water partition coefficient (Wildman–Crippen LogP) is 2.51. The Morgan fingerprint density at radius 1 is 1.38 bits per heavy atom. The van der Waals surface area contributed by atoms with Crippen molar-refractivity contribution < 1.29 is 0 Å². The molecule has 0 aliphatic heterocycles. The molecule has 2 aromatic heterocycles. The summed E-state index contributed by atoms with van der Waals surface area (Å²) in [6.07, 6.45) is 3.12. The Kier molecular flexibility index (Phi) is 1.83. The highest BCUT2D eigenvalue weighted by molar-refractivity contribution is 5.44. The topological polar surface area (TPSA) is 17.3 Å². The molecule has 0 fully saturated rings. The lowest BCUT2D eigenvalue weighted by Gasteiger charge is -2.09. The summed E-state index contributed by atoms with van der Waals surface area (Å²) < 4.78 is 2.14. The van der Waals surface area contributed by atoms with Gasteiger partial charge in [-0.3, -0.25) is 0 Å². The van der Waals surface area contributed by atoms with Crippen LogP contribution in [-0.2, 0) is 6.42 Å². The second kappa shape index (κ2) is 2.87. The maximum atomic E-state index is 4.53. The lowest BCUT2D eigenvalue weighted by atomic mass is 10.1. The molecule has 0 aromatic carbocycles. The van der Waals surface area contributed by atoms with Gasteiger partial charge in [0.25, 0.3) is 0 Å². The largest absolute Gasteiger partial charge is 0.306 e. The molecule has 0 spiro atoms. The summed E-state index contributed by atoms with van der Waals surface area (Å²) in [7, 11) is 0. The van der Waals surface area contributed by atoms with Crippen LogP contribution in [0.3, 0.4) is 0 Å². The summed E-state index contributed by atoms with van der Waals surface area (Å²) in [5.74, 6) is 0. The Balaban J connectivity index is 2.85. The van der Waals surface area contributed by atoms with Crippen LogP contribution in [0.5, 0.6) is 0 Å². The maximum Gasteiger partial charge on any atom is 0.137 e. The number of hydrogen-bond acceptors (Lipinski definition) is 1. The predicted molar refractivity (Wildman–Crippen MR) is 54.0 cm³/mol. The molecule has 0 saturated heterocycles. The van der Waals surface area contributed by atoms with E-state index in [1.54, 1.807) is 0 Å². The minimum Gasteiger partial charge on any atom is -0.306 e. The van der Waals surface area contributed by atoms with Gasteiger partial charge in [0, 0.05) is 17.6 Å². The summed E-state index contributed by atoms with van der Waals surface area (Å²) in [4.78, 5) is 4.53. The van der Waals surface area contributed by atoms with Gasteiger partial charge in [0.05, 0.1) is 0 Å². The zero-order chi connectivity index (χ0) is 9.42. The van der Waals surface area contributed by atoms with Crippen molar-refractivity contribution in [2.45, 2.75) is 27.2 Å². The number of aryl methyl sites for hydroxylation is 2. The highest BCUT2D eigenvalue weighted by atomic mass is 15.0. The Labute approximate surface area is 78.2 Å². The molecule has 2 nitrogen and oxygen atoms in total. The lowest BCUT2D eigenvalue weighted by Crippen LogP contribution is -2.02. The Morgan fingerprint density at radius 3 is 2.85 bits per heavy atom. The molecule has 13 heavy (non-hydrogen) atoms. The zero-order valence-electron chi connectivity index (χ0n) is 8.33. The van der Waals surface area contributed by atoms with E-state index in [1.807, 2.05) is 12.1 Å². The van der Waals surface area contributed by atoms with Crippen LogP contribution < -0.4 is 0 Å². The zero-order valence-corrected chi connectivity index (χ0v) is 8.33. The van der Waals surface area contributed by atoms with E-state index in [4.69, 9.17) is 0 Å². The van der Waals surface area contributed by atoms with Gasteiger partial charge >= 0.3 is 0 Å². The van der Waals surface area contributed by atoms with Gasteiger partial charge in [-0.15, -0.1) is 0 Å². The third-order valence-corrected chi connectivity index (χ3v) is 2.60. The fourth-order valence-electron chi connectivity index (χ4n) is 1.90. The van der Waals surface area contributed by atoms with Gasteiger partial charge in [-0.25, -0.2) is 4.98 Å². The molecule has 0 unspecified atom stereocenters. The molecule has 2 aromatic rings. The van der Waals surface area contributed by atoms with Crippen LogP contribution in [0, 0.1) is 13.8 Å². The average molecular weight is 174 g/mol. The van der Waals surface area contributed by atoms with Gasteiger partial charge in [0.1, 0.15) is 5.65 Å². The number of aromatic nitrogens is 2. The maximum absolute atomic E-state index is 4.53. The lowest BCUT2D eigenvalue weighted by molar-refractivity contribution is 0.941. The van der Waals surface area contributed by atoms with Gasteiger partial charge in [0.15, 0.2) is 0 Å². The van der Waals surface area contributed by atoms with E-state index in [0.29, 0.717) is 0 Å². The van der Waals surface area contributed by atoms with Crippen LogP contribution >= 0.6 is 0 Å². The molecule has 2 heterocycles. The van der Waals surface area contributed by atoms with Crippen molar-refractivity contribution in [1.29, 1.82) is 0 Å². The molecule has 0 aliphatic carbocycles. The standard InChI is InChI=1S/C11H14N2/c1-4-10-8(2)12-11-6-5-7-13(11)9(10)3/h5-7H,4H2,1-3H3. The van der Waals surface area contributed by atoms with Crippen molar-refractivity contribution in [1.82, 2.24) is 9.38 Å². The minimum absolute atomic E-state index is 1.05. The van der Waals surface area contributed by atoms with E-state index in [1.165, 1.54) is 11.3 Å². The smallest absolute Gasteiger partial charge is 0.137 e. The Morgan fingerprint density at radius 2 is 2.15 bits per heavy atom. The first-order chi connectivity index (χ1) is 6.24. The monoisotopic (exact) mass is 174 g/mol. The van der Waals surface area contributed by atoms with Crippen molar-refractivity contribution in [2.24, 2.45) is 0 Å². The summed E-state index contributed by atoms with van der Waals surface area (Å²) >= 11 is 0. The highest BCUT2D eigenvalue weighted by Gasteiger charge is 2.05. The number of fused-ring (bicyclic) bond motifs is 1. The molecule has 2 heteroatoms. The van der Waals surface area contributed by atoms with Crippen LogP contribution in [0.2, 0.25) is 0 Å². The van der Waals surface area contributed by atoms with Gasteiger partial charge in [-0.05, 0) is 38.0 Å². The first-order valence-electron chi connectivity index (χ1n) is 4.67. The van der Waals surface area contributed by atoms with Crippen molar-refractivity contribution in [2.75, 3.05) is 0 Å². The third-order valence-electron chi connectivity index (χ3n) is 2.60. The van der Waals surface area contributed by atoms with Crippen LogP contribution in [-0.4, -0.2) is 9.38 Å². The van der Waals surface area contributed by atoms with Crippen LogP contribution in [0.4, 0.5) is 0 Å². The van der Waals surface area contributed by atoms with Gasteiger partial charge < -0.3 is 4.40 Å². The second-order valence-corrected chi connectivity index (χ2v) is 3.35. The highest BCUT2D eigenvalue weighted by Crippen LogP contribution is 2.15. The van der Waals surface area contributed by atoms with E-state index in [-0.39, 0.29) is 0 Å². The van der Waals surface area contributed by atoms with Crippen LogP contribution in [0.15, 0.2) is 18.3 Å². The molecule has 0 amide bonds. The summed E-state index contributed by atoms with van der Waals surface area (Å²) in [6.45, 7) is 6.41. The molecular formula is C11H14N2. The third kappa shape index (κ3) is 1.13.